The summed E-state index contributed by atoms with van der Waals surface area (Å²) >= 11 is 0. The quantitative estimate of drug-likeness (QED) is 0.580. The van der Waals surface area contributed by atoms with Crippen molar-refractivity contribution >= 4 is 21.9 Å². The van der Waals surface area contributed by atoms with E-state index >= 15 is 0 Å². The molecule has 0 saturated carbocycles. The zero-order chi connectivity index (χ0) is 23.6. The van der Waals surface area contributed by atoms with Gasteiger partial charge in [-0.2, -0.15) is 18.4 Å². The molecule has 2 aliphatic heterocycles. The van der Waals surface area contributed by atoms with Crippen LogP contribution in [0.25, 0.3) is 0 Å². The van der Waals surface area contributed by atoms with E-state index in [0.717, 1.165) is 17.9 Å². The lowest BCUT2D eigenvalue weighted by Crippen LogP contribution is -2.38. The summed E-state index contributed by atoms with van der Waals surface area (Å²) in [5.74, 6) is -3.28. The summed E-state index contributed by atoms with van der Waals surface area (Å²) < 4.78 is 58.6. The van der Waals surface area contributed by atoms with Crippen LogP contribution < -0.4 is 11.1 Å². The number of hydrogen-bond donors (Lipinski definition) is 3. The number of carboxylic acid groups (broad SMARTS) is 1. The number of fused-ring (bicyclic) bond motifs is 1. The number of carboxylic acids is 1. The third-order valence-corrected chi connectivity index (χ3v) is 6.43. The molecule has 14 heteroatoms. The Morgan fingerprint density at radius 1 is 1.26 bits per heavy atom. The van der Waals surface area contributed by atoms with E-state index in [0.29, 0.717) is 50.1 Å². The second-order valence-electron chi connectivity index (χ2n) is 7.13. The van der Waals surface area contributed by atoms with Crippen molar-refractivity contribution in [3.8, 4) is 6.07 Å². The minimum atomic E-state index is -5.08. The third-order valence-electron chi connectivity index (χ3n) is 5.13. The number of aromatic nitrogens is 1. The molecule has 0 radical (unpaired) electrons. The lowest BCUT2D eigenvalue weighted by Gasteiger charge is -2.32. The number of amides is 1. The highest BCUT2D eigenvalue weighted by Gasteiger charge is 2.38. The van der Waals surface area contributed by atoms with Crippen molar-refractivity contribution in [2.75, 3.05) is 25.9 Å². The topological polar surface area (TPSA) is 159 Å². The summed E-state index contributed by atoms with van der Waals surface area (Å²) in [4.78, 5) is 20.8. The van der Waals surface area contributed by atoms with Crippen LogP contribution in [0.15, 0.2) is 0 Å². The molecule has 10 nitrogen and oxygen atoms in total. The Bertz CT molecular complexity index is 1000. The molecule has 0 spiro atoms. The van der Waals surface area contributed by atoms with Gasteiger partial charge in [-0.1, -0.05) is 0 Å². The molecule has 4 N–H and O–H groups in total. The summed E-state index contributed by atoms with van der Waals surface area (Å²) in [6.45, 7) is 2.81. The van der Waals surface area contributed by atoms with Gasteiger partial charge in [-0.15, -0.1) is 0 Å². The van der Waals surface area contributed by atoms with Crippen LogP contribution in [-0.2, 0) is 27.9 Å². The van der Waals surface area contributed by atoms with Gasteiger partial charge in [0, 0.05) is 50.0 Å². The van der Waals surface area contributed by atoms with Crippen molar-refractivity contribution < 1.29 is 36.3 Å². The average Bonchev–Trinajstić information content (AvgIpc) is 3.01. The largest absolute Gasteiger partial charge is 0.490 e. The lowest BCUT2D eigenvalue weighted by molar-refractivity contribution is -0.192. The first-order valence-electron chi connectivity index (χ1n) is 9.20. The van der Waals surface area contributed by atoms with E-state index in [1.807, 2.05) is 4.57 Å². The molecular formula is C17H22F3N5O5S. The molecule has 31 heavy (non-hydrogen) atoms. The first kappa shape index (κ1) is 24.6. The molecule has 1 aromatic heterocycles. The molecule has 0 bridgehead atoms. The molecule has 2 aliphatic rings. The summed E-state index contributed by atoms with van der Waals surface area (Å²) in [6.07, 6.45) is -2.60. The van der Waals surface area contributed by atoms with Gasteiger partial charge in [0.25, 0.3) is 5.91 Å². The van der Waals surface area contributed by atoms with Crippen molar-refractivity contribution in [2.45, 2.75) is 38.0 Å². The van der Waals surface area contributed by atoms with Gasteiger partial charge in [-0.25, -0.2) is 17.5 Å². The van der Waals surface area contributed by atoms with Gasteiger partial charge in [0.2, 0.25) is 10.0 Å². The number of nitrogens with one attached hydrogen (secondary N) is 1. The van der Waals surface area contributed by atoms with Crippen LogP contribution in [0.1, 0.15) is 46.1 Å². The summed E-state index contributed by atoms with van der Waals surface area (Å²) in [7, 11) is -3.20. The predicted octanol–water partition coefficient (Wildman–Crippen LogP) is 0.334. The van der Waals surface area contributed by atoms with Crippen molar-refractivity contribution in [3.05, 3.63) is 22.5 Å². The van der Waals surface area contributed by atoms with E-state index in [1.165, 1.54) is 10.6 Å². The molecule has 1 amide bonds. The van der Waals surface area contributed by atoms with Crippen molar-refractivity contribution in [1.82, 2.24) is 14.2 Å². The summed E-state index contributed by atoms with van der Waals surface area (Å²) in [5.41, 5.74) is 7.80. The van der Waals surface area contributed by atoms with E-state index in [4.69, 9.17) is 15.6 Å². The molecule has 0 aliphatic carbocycles. The molecule has 172 valence electrons. The third kappa shape index (κ3) is 5.54. The number of piperidine rings is 1. The molecule has 1 saturated heterocycles. The second-order valence-corrected chi connectivity index (χ2v) is 9.11. The Balaban J connectivity index is 0.000000423. The van der Waals surface area contributed by atoms with Gasteiger partial charge in [0.15, 0.2) is 0 Å². The smallest absolute Gasteiger partial charge is 0.475 e. The molecule has 3 rings (SSSR count). The normalized spacial score (nSPS) is 17.8. The Labute approximate surface area is 176 Å². The summed E-state index contributed by atoms with van der Waals surface area (Å²) in [5, 5.41) is 19.9. The monoisotopic (exact) mass is 465 g/mol. The predicted molar refractivity (Wildman–Crippen MR) is 101 cm³/mol. The highest BCUT2D eigenvalue weighted by Crippen LogP contribution is 2.36. The number of nitrogens with zero attached hydrogens (tertiary/aromatic N) is 3. The maximum absolute atomic E-state index is 11.9. The van der Waals surface area contributed by atoms with Crippen molar-refractivity contribution in [1.29, 1.82) is 5.26 Å². The van der Waals surface area contributed by atoms with Crippen LogP contribution in [0, 0.1) is 11.3 Å². The number of alkyl halides is 3. The van der Waals surface area contributed by atoms with Gasteiger partial charge in [-0.05, 0) is 12.8 Å². The highest BCUT2D eigenvalue weighted by molar-refractivity contribution is 7.88. The first-order chi connectivity index (χ1) is 14.3. The first-order valence-corrected chi connectivity index (χ1v) is 11.0. The van der Waals surface area contributed by atoms with E-state index in [2.05, 4.69) is 11.4 Å². The molecule has 0 aromatic carbocycles. The number of rotatable bonds is 3. The summed E-state index contributed by atoms with van der Waals surface area (Å²) in [6, 6.07) is 2.16. The molecule has 1 aromatic rings. The Morgan fingerprint density at radius 2 is 1.81 bits per heavy atom. The minimum Gasteiger partial charge on any atom is -0.475 e. The molecular weight excluding hydrogens is 443 g/mol. The maximum atomic E-state index is 11.9. The SMILES string of the molecule is CS(=O)(=O)N1CCC(c2c(C#N)c(C(N)=O)c3n2CCNC3)CC1.O=C(O)C(F)(F)F. The number of aliphatic carboxylic acids is 1. The number of halogens is 3. The molecule has 1 fully saturated rings. The number of nitrogens with two attached hydrogens (primary N) is 1. The van der Waals surface area contributed by atoms with Gasteiger partial charge in [0.05, 0.1) is 17.4 Å². The number of nitriles is 1. The highest BCUT2D eigenvalue weighted by atomic mass is 32.2. The lowest BCUT2D eigenvalue weighted by atomic mass is 9.91. The van der Waals surface area contributed by atoms with Gasteiger partial charge < -0.3 is 20.7 Å². The number of hydrogen-bond acceptors (Lipinski definition) is 6. The standard InChI is InChI=1S/C15H21N5O3S.C2HF3O2/c1-24(22,23)19-5-2-10(3-6-19)14-11(8-16)13(15(17)21)12-9-18-4-7-20(12)14;3-2(4,5)1(6)7/h10,18H,2-7,9H2,1H3,(H2,17,21);(H,6,7). The average molecular weight is 465 g/mol. The van der Waals surface area contributed by atoms with E-state index in [9.17, 15) is 31.6 Å². The maximum Gasteiger partial charge on any atom is 0.490 e. The Morgan fingerprint density at radius 3 is 2.23 bits per heavy atom. The van der Waals surface area contributed by atoms with Gasteiger partial charge >= 0.3 is 12.1 Å². The van der Waals surface area contributed by atoms with E-state index in [1.54, 1.807) is 0 Å². The van der Waals surface area contributed by atoms with Crippen LogP contribution in [0.4, 0.5) is 13.2 Å². The van der Waals surface area contributed by atoms with E-state index in [-0.39, 0.29) is 5.92 Å². The Kier molecular flexibility index (Phi) is 7.35. The number of carbonyl (C=O) groups is 2. The van der Waals surface area contributed by atoms with Crippen LogP contribution in [-0.4, -0.2) is 66.3 Å². The van der Waals surface area contributed by atoms with Crippen LogP contribution in [0.3, 0.4) is 0 Å². The number of primary amides is 1. The van der Waals surface area contributed by atoms with E-state index < -0.39 is 28.1 Å². The minimum absolute atomic E-state index is 0.0580. The zero-order valence-electron chi connectivity index (χ0n) is 16.6. The van der Waals surface area contributed by atoms with Crippen LogP contribution >= 0.6 is 0 Å². The Hall–Kier alpha value is -2.63. The van der Waals surface area contributed by atoms with Gasteiger partial charge in [-0.3, -0.25) is 4.79 Å². The van der Waals surface area contributed by atoms with Crippen LogP contribution in [0.2, 0.25) is 0 Å². The van der Waals surface area contributed by atoms with Crippen LogP contribution in [0.5, 0.6) is 0 Å². The fraction of sp³-hybridized carbons (Fsp3) is 0.588. The fourth-order valence-corrected chi connectivity index (χ4v) is 4.66. The second kappa shape index (κ2) is 9.25. The molecule has 3 heterocycles. The molecule has 0 atom stereocenters. The number of sulfonamides is 1. The zero-order valence-corrected chi connectivity index (χ0v) is 17.4. The molecule has 0 unspecified atom stereocenters. The van der Waals surface area contributed by atoms with Crippen molar-refractivity contribution in [3.63, 3.8) is 0 Å². The number of carbonyl (C=O) groups excluding carboxylic acids is 1. The fourth-order valence-electron chi connectivity index (χ4n) is 3.79. The van der Waals surface area contributed by atoms with Gasteiger partial charge in [0.1, 0.15) is 6.07 Å². The van der Waals surface area contributed by atoms with Crippen molar-refractivity contribution in [2.24, 2.45) is 5.73 Å².